The summed E-state index contributed by atoms with van der Waals surface area (Å²) in [4.78, 5) is 96.2. The second kappa shape index (κ2) is 17.5. The zero-order valence-electron chi connectivity index (χ0n) is 23.3. The Labute approximate surface area is 240 Å². The average Bonchev–Trinajstić information content (AvgIpc) is 3.32. The van der Waals surface area contributed by atoms with Crippen LogP contribution in [0.5, 0.6) is 0 Å². The summed E-state index contributed by atoms with van der Waals surface area (Å²) in [6, 6.07) is -5.12. The molecule has 1 fully saturated rings. The second-order valence-corrected chi connectivity index (χ2v) is 10.2. The molecule has 0 aromatic rings. The molecule has 1 rings (SSSR count). The van der Waals surface area contributed by atoms with Gasteiger partial charge in [0.2, 0.25) is 35.4 Å². The number of hydrogen-bond donors (Lipinski definition) is 10. The number of aliphatic hydroxyl groups is 1. The Hall–Kier alpha value is -4.32. The number of carbonyl (C=O) groups excluding carboxylic acids is 6. The van der Waals surface area contributed by atoms with Crippen LogP contribution in [-0.4, -0.2) is 113 Å². The summed E-state index contributed by atoms with van der Waals surface area (Å²) >= 11 is 0. The van der Waals surface area contributed by atoms with Crippen LogP contribution in [-0.2, 0) is 38.4 Å². The minimum absolute atomic E-state index is 0.0613. The largest absolute Gasteiger partial charge is 0.481 e. The molecule has 1 aliphatic rings. The number of carbonyl (C=O) groups is 8. The molecule has 0 unspecified atom stereocenters. The van der Waals surface area contributed by atoms with E-state index < -0.39 is 97.2 Å². The smallest absolute Gasteiger partial charge is 0.326 e. The van der Waals surface area contributed by atoms with Gasteiger partial charge in [-0.3, -0.25) is 33.6 Å². The third kappa shape index (κ3) is 13.8. The third-order valence-corrected chi connectivity index (χ3v) is 5.95. The maximum atomic E-state index is 12.9. The maximum Gasteiger partial charge on any atom is 0.326 e. The summed E-state index contributed by atoms with van der Waals surface area (Å²) in [6.07, 6.45) is -2.07. The molecular formula is C24H39N7O11. The van der Waals surface area contributed by atoms with Crippen LogP contribution in [0.3, 0.4) is 0 Å². The lowest BCUT2D eigenvalue weighted by Gasteiger charge is -2.22. The summed E-state index contributed by atoms with van der Waals surface area (Å²) in [5.74, 6) is -8.07. The maximum absolute atomic E-state index is 12.9. The highest BCUT2D eigenvalue weighted by molar-refractivity contribution is 5.96. The zero-order valence-corrected chi connectivity index (χ0v) is 23.3. The molecule has 18 heteroatoms. The van der Waals surface area contributed by atoms with E-state index in [4.69, 9.17) is 5.73 Å². The van der Waals surface area contributed by atoms with Gasteiger partial charge < -0.3 is 53.0 Å². The molecule has 236 valence electrons. The number of rotatable bonds is 18. The van der Waals surface area contributed by atoms with E-state index in [1.807, 2.05) is 0 Å². The number of aliphatic hydroxyl groups excluding tert-OH is 1. The van der Waals surface area contributed by atoms with Gasteiger partial charge in [-0.2, -0.15) is 0 Å². The fourth-order valence-corrected chi connectivity index (χ4v) is 3.89. The number of nitrogens with two attached hydrogens (primary N) is 1. The first-order valence-corrected chi connectivity index (χ1v) is 13.2. The standard InChI is InChI=1S/C24H39N7O11/c1-11(2)5-16(24(41)42)30-19(35)10-28-22(39)15(7-20(36)37)31-23(40)13(3-4-17(25)33)29-18(34)9-27-21(38)14-6-12(32)8-26-14/h11-16,26,32H,3-10H2,1-2H3,(H2,25,33)(H,27,38)(H,28,39)(H,29,34)(H,30,35)(H,31,40)(H,36,37)(H,41,42)/t12-,13+,14+,15+,16+/m1/s1. The Morgan fingerprint density at radius 2 is 1.45 bits per heavy atom. The normalized spacial score (nSPS) is 18.2. The number of amides is 6. The van der Waals surface area contributed by atoms with E-state index in [0.29, 0.717) is 0 Å². The Morgan fingerprint density at radius 1 is 0.857 bits per heavy atom. The molecule has 0 bridgehead atoms. The van der Waals surface area contributed by atoms with Gasteiger partial charge in [0.15, 0.2) is 0 Å². The van der Waals surface area contributed by atoms with Crippen molar-refractivity contribution in [2.45, 2.75) is 76.2 Å². The number of nitrogens with one attached hydrogen (secondary N) is 6. The van der Waals surface area contributed by atoms with Gasteiger partial charge in [0.25, 0.3) is 0 Å². The quantitative estimate of drug-likeness (QED) is 0.0708. The number of hydrogen-bond acceptors (Lipinski definition) is 10. The van der Waals surface area contributed by atoms with E-state index in [-0.39, 0.29) is 38.1 Å². The summed E-state index contributed by atoms with van der Waals surface area (Å²) in [7, 11) is 0. The molecule has 0 spiro atoms. The molecular weight excluding hydrogens is 562 g/mol. The lowest BCUT2D eigenvalue weighted by Crippen LogP contribution is -2.56. The van der Waals surface area contributed by atoms with Crippen LogP contribution in [0.15, 0.2) is 0 Å². The average molecular weight is 602 g/mol. The molecule has 5 atom stereocenters. The van der Waals surface area contributed by atoms with Gasteiger partial charge >= 0.3 is 11.9 Å². The highest BCUT2D eigenvalue weighted by atomic mass is 16.4. The minimum atomic E-state index is -1.72. The Balaban J connectivity index is 2.81. The number of carboxylic acid groups (broad SMARTS) is 2. The van der Waals surface area contributed by atoms with Crippen LogP contribution in [0.4, 0.5) is 0 Å². The van der Waals surface area contributed by atoms with Crippen molar-refractivity contribution >= 4 is 47.4 Å². The van der Waals surface area contributed by atoms with E-state index in [1.54, 1.807) is 13.8 Å². The summed E-state index contributed by atoms with van der Waals surface area (Å²) in [5.41, 5.74) is 5.13. The number of carboxylic acids is 2. The van der Waals surface area contributed by atoms with E-state index >= 15 is 0 Å². The topological polar surface area (TPSA) is 295 Å². The fraction of sp³-hybridized carbons (Fsp3) is 0.667. The first-order chi connectivity index (χ1) is 19.6. The van der Waals surface area contributed by atoms with Gasteiger partial charge in [-0.25, -0.2) is 4.79 Å². The molecule has 1 heterocycles. The molecule has 11 N–H and O–H groups in total. The first kappa shape index (κ1) is 35.7. The number of primary amides is 1. The van der Waals surface area contributed by atoms with E-state index in [1.165, 1.54) is 0 Å². The van der Waals surface area contributed by atoms with Crippen molar-refractivity contribution in [2.24, 2.45) is 11.7 Å². The Morgan fingerprint density at radius 3 is 1.95 bits per heavy atom. The lowest BCUT2D eigenvalue weighted by atomic mass is 10.0. The monoisotopic (exact) mass is 601 g/mol. The molecule has 6 amide bonds. The predicted molar refractivity (Wildman–Crippen MR) is 142 cm³/mol. The van der Waals surface area contributed by atoms with Crippen LogP contribution >= 0.6 is 0 Å². The summed E-state index contributed by atoms with van der Waals surface area (Å²) < 4.78 is 0. The van der Waals surface area contributed by atoms with Gasteiger partial charge in [0.05, 0.1) is 31.7 Å². The number of aliphatic carboxylic acids is 2. The van der Waals surface area contributed by atoms with Crippen molar-refractivity contribution in [1.29, 1.82) is 0 Å². The van der Waals surface area contributed by atoms with E-state index in [2.05, 4.69) is 31.9 Å². The van der Waals surface area contributed by atoms with Gasteiger partial charge in [0.1, 0.15) is 18.1 Å². The summed E-state index contributed by atoms with van der Waals surface area (Å²) in [5, 5.41) is 41.8. The van der Waals surface area contributed by atoms with Gasteiger partial charge in [-0.15, -0.1) is 0 Å². The van der Waals surface area contributed by atoms with Crippen LogP contribution < -0.4 is 37.6 Å². The minimum Gasteiger partial charge on any atom is -0.481 e. The predicted octanol–water partition coefficient (Wildman–Crippen LogP) is -4.73. The fourth-order valence-electron chi connectivity index (χ4n) is 3.89. The molecule has 0 aromatic heterocycles. The van der Waals surface area contributed by atoms with Gasteiger partial charge in [-0.1, -0.05) is 13.8 Å². The van der Waals surface area contributed by atoms with Crippen molar-refractivity contribution in [3.8, 4) is 0 Å². The van der Waals surface area contributed by atoms with Crippen LogP contribution in [0.2, 0.25) is 0 Å². The lowest BCUT2D eigenvalue weighted by molar-refractivity contribution is -0.143. The van der Waals surface area contributed by atoms with Gasteiger partial charge in [0, 0.05) is 13.0 Å². The van der Waals surface area contributed by atoms with Gasteiger partial charge in [-0.05, 0) is 25.2 Å². The molecule has 0 radical (unpaired) electrons. The SMILES string of the molecule is CC(C)C[C@H](NC(=O)CNC(=O)[C@H](CC(=O)O)NC(=O)[C@H](CCC(N)=O)NC(=O)CNC(=O)[C@@H]1C[C@@H](O)CN1)C(=O)O. The number of β-amino-alcohol motifs (C(OH)–C–C–N with tert-alkyl or cyclic N) is 1. The molecule has 1 aliphatic heterocycles. The highest BCUT2D eigenvalue weighted by Crippen LogP contribution is 2.06. The molecule has 1 saturated heterocycles. The highest BCUT2D eigenvalue weighted by Gasteiger charge is 2.31. The second-order valence-electron chi connectivity index (χ2n) is 10.2. The van der Waals surface area contributed by atoms with Crippen LogP contribution in [0.25, 0.3) is 0 Å². The molecule has 0 aromatic carbocycles. The molecule has 42 heavy (non-hydrogen) atoms. The zero-order chi connectivity index (χ0) is 32.0. The molecule has 0 aliphatic carbocycles. The van der Waals surface area contributed by atoms with E-state index in [9.17, 15) is 53.7 Å². The summed E-state index contributed by atoms with van der Waals surface area (Å²) in [6.45, 7) is 2.41. The van der Waals surface area contributed by atoms with Crippen molar-refractivity contribution in [3.05, 3.63) is 0 Å². The molecule has 18 nitrogen and oxygen atoms in total. The third-order valence-electron chi connectivity index (χ3n) is 5.95. The Bertz CT molecular complexity index is 1040. The first-order valence-electron chi connectivity index (χ1n) is 13.2. The Kier molecular flexibility index (Phi) is 14.9. The van der Waals surface area contributed by atoms with Crippen molar-refractivity contribution in [1.82, 2.24) is 31.9 Å². The van der Waals surface area contributed by atoms with Crippen LogP contribution in [0, 0.1) is 5.92 Å². The van der Waals surface area contributed by atoms with Crippen molar-refractivity contribution in [2.75, 3.05) is 19.6 Å². The van der Waals surface area contributed by atoms with Crippen molar-refractivity contribution < 1.29 is 53.7 Å². The van der Waals surface area contributed by atoms with Crippen LogP contribution in [0.1, 0.15) is 46.0 Å². The molecule has 0 saturated carbocycles. The van der Waals surface area contributed by atoms with E-state index in [0.717, 1.165) is 0 Å². The van der Waals surface area contributed by atoms with Crippen molar-refractivity contribution in [3.63, 3.8) is 0 Å².